The third-order valence-corrected chi connectivity index (χ3v) is 4.38. The van der Waals surface area contributed by atoms with Crippen LogP contribution in [0.15, 0.2) is 18.2 Å². The van der Waals surface area contributed by atoms with E-state index in [0.717, 1.165) is 12.8 Å². The van der Waals surface area contributed by atoms with Crippen LogP contribution in [0.3, 0.4) is 0 Å². The van der Waals surface area contributed by atoms with Gasteiger partial charge in [0.25, 0.3) is 0 Å². The lowest BCUT2D eigenvalue weighted by atomic mass is 9.93. The standard InChI is InChI=1S/C17H28N2/c1-5-15(18)11-14-6-7-16(10-13(14)2)19-9-8-17(3,4)12-19/h6-7,10,15H,5,8-9,11-12,18H2,1-4H3. The van der Waals surface area contributed by atoms with Crippen molar-refractivity contribution >= 4 is 5.69 Å². The molecule has 1 atom stereocenters. The molecule has 0 radical (unpaired) electrons. The van der Waals surface area contributed by atoms with E-state index in [9.17, 15) is 0 Å². The van der Waals surface area contributed by atoms with Crippen LogP contribution in [-0.2, 0) is 6.42 Å². The fraction of sp³-hybridized carbons (Fsp3) is 0.647. The van der Waals surface area contributed by atoms with Crippen LogP contribution in [0, 0.1) is 12.3 Å². The number of nitrogens with zero attached hydrogens (tertiary/aromatic N) is 1. The third-order valence-electron chi connectivity index (χ3n) is 4.38. The summed E-state index contributed by atoms with van der Waals surface area (Å²) in [4.78, 5) is 2.51. The molecule has 2 N–H and O–H groups in total. The quantitative estimate of drug-likeness (QED) is 0.897. The van der Waals surface area contributed by atoms with Crippen molar-refractivity contribution in [2.75, 3.05) is 18.0 Å². The summed E-state index contributed by atoms with van der Waals surface area (Å²) in [7, 11) is 0. The molecule has 2 rings (SSSR count). The molecule has 0 aromatic heterocycles. The lowest BCUT2D eigenvalue weighted by Gasteiger charge is -2.23. The van der Waals surface area contributed by atoms with Crippen LogP contribution in [0.5, 0.6) is 0 Å². The molecule has 1 heterocycles. The number of hydrogen-bond donors (Lipinski definition) is 1. The normalized spacial score (nSPS) is 19.7. The fourth-order valence-electron chi connectivity index (χ4n) is 2.87. The molecule has 0 amide bonds. The Kier molecular flexibility index (Phi) is 4.19. The van der Waals surface area contributed by atoms with Crippen molar-refractivity contribution in [1.82, 2.24) is 0 Å². The summed E-state index contributed by atoms with van der Waals surface area (Å²) in [5.74, 6) is 0. The van der Waals surface area contributed by atoms with E-state index in [-0.39, 0.29) is 6.04 Å². The highest BCUT2D eigenvalue weighted by Gasteiger charge is 2.29. The Balaban J connectivity index is 2.11. The van der Waals surface area contributed by atoms with Crippen molar-refractivity contribution in [2.24, 2.45) is 11.1 Å². The number of anilines is 1. The molecule has 1 aromatic rings. The minimum Gasteiger partial charge on any atom is -0.371 e. The molecule has 1 aromatic carbocycles. The second-order valence-corrected chi connectivity index (χ2v) is 6.82. The number of hydrogen-bond acceptors (Lipinski definition) is 2. The van der Waals surface area contributed by atoms with E-state index >= 15 is 0 Å². The van der Waals surface area contributed by atoms with Gasteiger partial charge in [-0.1, -0.05) is 26.8 Å². The third kappa shape index (κ3) is 3.50. The first-order valence-corrected chi connectivity index (χ1v) is 7.51. The first kappa shape index (κ1) is 14.4. The second-order valence-electron chi connectivity index (χ2n) is 6.82. The number of rotatable bonds is 4. The molecular weight excluding hydrogens is 232 g/mol. The Bertz CT molecular complexity index is 437. The fourth-order valence-corrected chi connectivity index (χ4v) is 2.87. The predicted molar refractivity (Wildman–Crippen MR) is 83.8 cm³/mol. The number of benzene rings is 1. The lowest BCUT2D eigenvalue weighted by Crippen LogP contribution is -2.23. The summed E-state index contributed by atoms with van der Waals surface area (Å²) < 4.78 is 0. The average Bonchev–Trinajstić information content (AvgIpc) is 2.72. The minimum atomic E-state index is 0.287. The average molecular weight is 260 g/mol. The van der Waals surface area contributed by atoms with Gasteiger partial charge in [0.1, 0.15) is 0 Å². The highest BCUT2D eigenvalue weighted by atomic mass is 15.2. The van der Waals surface area contributed by atoms with Crippen LogP contribution in [0.1, 0.15) is 44.7 Å². The van der Waals surface area contributed by atoms with Crippen molar-refractivity contribution in [3.63, 3.8) is 0 Å². The largest absolute Gasteiger partial charge is 0.371 e. The van der Waals surface area contributed by atoms with Gasteiger partial charge in [-0.2, -0.15) is 0 Å². The van der Waals surface area contributed by atoms with Gasteiger partial charge in [0.15, 0.2) is 0 Å². The molecule has 2 nitrogen and oxygen atoms in total. The molecule has 1 aliphatic heterocycles. The van der Waals surface area contributed by atoms with Crippen molar-refractivity contribution < 1.29 is 0 Å². The van der Waals surface area contributed by atoms with Crippen LogP contribution in [0.2, 0.25) is 0 Å². The molecule has 1 saturated heterocycles. The molecular formula is C17H28N2. The first-order valence-electron chi connectivity index (χ1n) is 7.51. The van der Waals surface area contributed by atoms with E-state index in [1.807, 2.05) is 0 Å². The van der Waals surface area contributed by atoms with Crippen molar-refractivity contribution in [1.29, 1.82) is 0 Å². The highest BCUT2D eigenvalue weighted by molar-refractivity contribution is 5.52. The SMILES string of the molecule is CCC(N)Cc1ccc(N2CCC(C)(C)C2)cc1C. The van der Waals surface area contributed by atoms with Gasteiger partial charge >= 0.3 is 0 Å². The monoisotopic (exact) mass is 260 g/mol. The van der Waals surface area contributed by atoms with Crippen LogP contribution in [0.4, 0.5) is 5.69 Å². The summed E-state index contributed by atoms with van der Waals surface area (Å²) in [6, 6.07) is 7.16. The van der Waals surface area contributed by atoms with Crippen LogP contribution in [-0.4, -0.2) is 19.1 Å². The minimum absolute atomic E-state index is 0.287. The predicted octanol–water partition coefficient (Wildman–Crippen LogP) is 3.51. The highest BCUT2D eigenvalue weighted by Crippen LogP contribution is 2.33. The van der Waals surface area contributed by atoms with E-state index in [0.29, 0.717) is 5.41 Å². The van der Waals surface area contributed by atoms with E-state index in [2.05, 4.69) is 50.8 Å². The van der Waals surface area contributed by atoms with Gasteiger partial charge in [0.2, 0.25) is 0 Å². The summed E-state index contributed by atoms with van der Waals surface area (Å²) in [6.07, 6.45) is 3.32. The molecule has 0 saturated carbocycles. The van der Waals surface area contributed by atoms with Crippen LogP contribution >= 0.6 is 0 Å². The second kappa shape index (κ2) is 5.54. The van der Waals surface area contributed by atoms with Gasteiger partial charge in [-0.25, -0.2) is 0 Å². The molecule has 0 bridgehead atoms. The van der Waals surface area contributed by atoms with Gasteiger partial charge in [0, 0.05) is 24.8 Å². The maximum absolute atomic E-state index is 6.06. The van der Waals surface area contributed by atoms with Crippen molar-refractivity contribution in [3.8, 4) is 0 Å². The smallest absolute Gasteiger partial charge is 0.0369 e. The lowest BCUT2D eigenvalue weighted by molar-refractivity contribution is 0.418. The van der Waals surface area contributed by atoms with Crippen LogP contribution < -0.4 is 10.6 Å². The molecule has 1 fully saturated rings. The van der Waals surface area contributed by atoms with E-state index < -0.39 is 0 Å². The molecule has 106 valence electrons. The van der Waals surface area contributed by atoms with Crippen molar-refractivity contribution in [2.45, 2.75) is 53.0 Å². The zero-order valence-corrected chi connectivity index (χ0v) is 12.9. The molecule has 2 heteroatoms. The molecule has 0 spiro atoms. The zero-order chi connectivity index (χ0) is 14.0. The summed E-state index contributed by atoms with van der Waals surface area (Å²) >= 11 is 0. The topological polar surface area (TPSA) is 29.3 Å². The maximum Gasteiger partial charge on any atom is 0.0369 e. The van der Waals surface area contributed by atoms with Gasteiger partial charge in [-0.15, -0.1) is 0 Å². The Morgan fingerprint density at radius 1 is 1.37 bits per heavy atom. The molecule has 0 aliphatic carbocycles. The summed E-state index contributed by atoms with van der Waals surface area (Å²) in [5, 5.41) is 0. The first-order chi connectivity index (χ1) is 8.91. The van der Waals surface area contributed by atoms with Gasteiger partial charge in [-0.3, -0.25) is 0 Å². The zero-order valence-electron chi connectivity index (χ0n) is 12.9. The van der Waals surface area contributed by atoms with Gasteiger partial charge in [-0.05, 0) is 54.9 Å². The Morgan fingerprint density at radius 2 is 2.11 bits per heavy atom. The van der Waals surface area contributed by atoms with Crippen LogP contribution in [0.25, 0.3) is 0 Å². The summed E-state index contributed by atoms with van der Waals surface area (Å²) in [6.45, 7) is 11.4. The van der Waals surface area contributed by atoms with E-state index in [1.54, 1.807) is 0 Å². The Morgan fingerprint density at radius 3 is 2.63 bits per heavy atom. The van der Waals surface area contributed by atoms with E-state index in [4.69, 9.17) is 5.73 Å². The number of nitrogens with two attached hydrogens (primary N) is 1. The Hall–Kier alpha value is -1.02. The maximum atomic E-state index is 6.06. The molecule has 1 aliphatic rings. The summed E-state index contributed by atoms with van der Waals surface area (Å²) in [5.41, 5.74) is 10.7. The molecule has 19 heavy (non-hydrogen) atoms. The Labute approximate surface area is 118 Å². The number of aryl methyl sites for hydroxylation is 1. The van der Waals surface area contributed by atoms with E-state index in [1.165, 1.54) is 36.3 Å². The molecule has 1 unspecified atom stereocenters. The van der Waals surface area contributed by atoms with Gasteiger partial charge in [0.05, 0.1) is 0 Å². The van der Waals surface area contributed by atoms with Crippen molar-refractivity contribution in [3.05, 3.63) is 29.3 Å². The van der Waals surface area contributed by atoms with Gasteiger partial charge < -0.3 is 10.6 Å².